The third-order valence-corrected chi connectivity index (χ3v) is 5.17. The normalized spacial score (nSPS) is 11.1. The molecule has 0 atom stereocenters. The number of hydrogen-bond acceptors (Lipinski definition) is 6. The second-order valence-electron chi connectivity index (χ2n) is 4.51. The topological polar surface area (TPSA) is 51.8 Å². The average molecular weight is 356 g/mol. The van der Waals surface area contributed by atoms with E-state index < -0.39 is 0 Å². The molecule has 0 spiro atoms. The van der Waals surface area contributed by atoms with Crippen LogP contribution in [0.25, 0.3) is 10.8 Å². The number of rotatable bonds is 4. The Labute approximate surface area is 139 Å². The molecule has 8 heteroatoms. The van der Waals surface area contributed by atoms with Crippen molar-refractivity contribution in [1.29, 1.82) is 0 Å². The van der Waals surface area contributed by atoms with Crippen molar-refractivity contribution in [3.63, 3.8) is 0 Å². The number of thiazole rings is 1. The Morgan fingerprint density at radius 2 is 2.14 bits per heavy atom. The molecule has 0 radical (unpaired) electrons. The molecule has 3 rings (SSSR count). The minimum Gasteiger partial charge on any atom is -0.410 e. The third kappa shape index (κ3) is 3.16. The van der Waals surface area contributed by atoms with Crippen molar-refractivity contribution in [1.82, 2.24) is 15.2 Å². The second kappa shape index (κ2) is 6.36. The Hall–Kier alpha value is -1.44. The molecule has 0 saturated carbocycles. The quantitative estimate of drug-likeness (QED) is 0.623. The fourth-order valence-corrected chi connectivity index (χ4v) is 3.84. The Morgan fingerprint density at radius 3 is 2.82 bits per heavy atom. The first-order valence-corrected chi connectivity index (χ1v) is 8.56. The molecule has 114 valence electrons. The van der Waals surface area contributed by atoms with Gasteiger partial charge in [-0.05, 0) is 26.0 Å². The van der Waals surface area contributed by atoms with E-state index in [1.54, 1.807) is 12.1 Å². The van der Waals surface area contributed by atoms with Crippen LogP contribution in [0.15, 0.2) is 27.8 Å². The Balaban J connectivity index is 1.76. The van der Waals surface area contributed by atoms with E-state index in [9.17, 15) is 4.39 Å². The van der Waals surface area contributed by atoms with E-state index >= 15 is 0 Å². The first-order chi connectivity index (χ1) is 10.5. The number of benzene rings is 1. The van der Waals surface area contributed by atoms with E-state index in [1.165, 1.54) is 29.2 Å². The zero-order chi connectivity index (χ0) is 15.7. The maximum Gasteiger partial charge on any atom is 0.277 e. The lowest BCUT2D eigenvalue weighted by Crippen LogP contribution is -1.88. The molecule has 0 aliphatic carbocycles. The Bertz CT molecular complexity index is 798. The summed E-state index contributed by atoms with van der Waals surface area (Å²) in [7, 11) is 0. The lowest BCUT2D eigenvalue weighted by atomic mass is 10.2. The van der Waals surface area contributed by atoms with Crippen molar-refractivity contribution in [3.05, 3.63) is 45.3 Å². The van der Waals surface area contributed by atoms with Gasteiger partial charge in [0.1, 0.15) is 10.7 Å². The van der Waals surface area contributed by atoms with Gasteiger partial charge in [0, 0.05) is 16.3 Å². The van der Waals surface area contributed by atoms with Gasteiger partial charge in [-0.15, -0.1) is 21.5 Å². The van der Waals surface area contributed by atoms with Gasteiger partial charge in [-0.1, -0.05) is 29.4 Å². The van der Waals surface area contributed by atoms with Crippen molar-refractivity contribution in [2.24, 2.45) is 0 Å². The number of hydrogen-bond donors (Lipinski definition) is 0. The van der Waals surface area contributed by atoms with Crippen molar-refractivity contribution in [3.8, 4) is 10.8 Å². The second-order valence-corrected chi connectivity index (χ2v) is 7.05. The van der Waals surface area contributed by atoms with Crippen LogP contribution in [-0.2, 0) is 5.75 Å². The van der Waals surface area contributed by atoms with Crippen molar-refractivity contribution >= 4 is 34.7 Å². The Kier molecular flexibility index (Phi) is 4.46. The highest BCUT2D eigenvalue weighted by Crippen LogP contribution is 2.32. The number of aryl methyl sites for hydroxylation is 2. The summed E-state index contributed by atoms with van der Waals surface area (Å²) in [6.45, 7) is 3.82. The first kappa shape index (κ1) is 15.5. The van der Waals surface area contributed by atoms with Gasteiger partial charge in [-0.2, -0.15) is 0 Å². The van der Waals surface area contributed by atoms with Gasteiger partial charge in [0.25, 0.3) is 11.1 Å². The molecular weight excluding hydrogens is 345 g/mol. The maximum absolute atomic E-state index is 13.7. The highest BCUT2D eigenvalue weighted by Gasteiger charge is 2.16. The van der Waals surface area contributed by atoms with Crippen molar-refractivity contribution < 1.29 is 8.81 Å². The molecule has 4 nitrogen and oxygen atoms in total. The summed E-state index contributed by atoms with van der Waals surface area (Å²) in [6, 6.07) is 4.61. The molecule has 0 saturated heterocycles. The van der Waals surface area contributed by atoms with E-state index in [1.807, 2.05) is 13.8 Å². The van der Waals surface area contributed by atoms with Crippen LogP contribution in [0.4, 0.5) is 4.39 Å². The van der Waals surface area contributed by atoms with Gasteiger partial charge < -0.3 is 4.42 Å². The van der Waals surface area contributed by atoms with Crippen LogP contribution in [-0.4, -0.2) is 15.2 Å². The molecule has 2 heterocycles. The Morgan fingerprint density at radius 1 is 1.32 bits per heavy atom. The predicted octanol–water partition coefficient (Wildman–Crippen LogP) is 4.89. The highest BCUT2D eigenvalue weighted by atomic mass is 35.5. The molecule has 0 N–H and O–H groups in total. The monoisotopic (exact) mass is 355 g/mol. The molecule has 2 aromatic heterocycles. The molecule has 0 unspecified atom stereocenters. The smallest absolute Gasteiger partial charge is 0.277 e. The summed E-state index contributed by atoms with van der Waals surface area (Å²) in [5.74, 6) is 0.423. The largest absolute Gasteiger partial charge is 0.410 e. The van der Waals surface area contributed by atoms with E-state index in [0.717, 1.165) is 15.6 Å². The van der Waals surface area contributed by atoms with Gasteiger partial charge in [-0.25, -0.2) is 9.37 Å². The maximum atomic E-state index is 13.7. The molecular formula is C14H11ClFN3OS2. The molecule has 3 aromatic rings. The molecule has 0 amide bonds. The van der Waals surface area contributed by atoms with Gasteiger partial charge in [0.05, 0.1) is 10.7 Å². The summed E-state index contributed by atoms with van der Waals surface area (Å²) in [6.07, 6.45) is 0. The van der Waals surface area contributed by atoms with Crippen LogP contribution in [0.2, 0.25) is 5.02 Å². The van der Waals surface area contributed by atoms with Gasteiger partial charge in [0.2, 0.25) is 0 Å². The predicted molar refractivity (Wildman–Crippen MR) is 85.9 cm³/mol. The van der Waals surface area contributed by atoms with Gasteiger partial charge in [0.15, 0.2) is 0 Å². The fraction of sp³-hybridized carbons (Fsp3) is 0.214. The molecule has 22 heavy (non-hydrogen) atoms. The lowest BCUT2D eigenvalue weighted by Gasteiger charge is -2.02. The number of thioether (sulfide) groups is 1. The molecule has 0 aliphatic heterocycles. The summed E-state index contributed by atoms with van der Waals surface area (Å²) < 4.78 is 19.3. The van der Waals surface area contributed by atoms with Crippen LogP contribution >= 0.6 is 34.7 Å². The average Bonchev–Trinajstić information content (AvgIpc) is 3.04. The molecule has 0 fully saturated rings. The zero-order valence-electron chi connectivity index (χ0n) is 11.8. The van der Waals surface area contributed by atoms with Crippen molar-refractivity contribution in [2.75, 3.05) is 0 Å². The van der Waals surface area contributed by atoms with Crippen molar-refractivity contribution in [2.45, 2.75) is 24.8 Å². The van der Waals surface area contributed by atoms with Crippen LogP contribution in [0.5, 0.6) is 0 Å². The minimum atomic E-state index is -0.339. The zero-order valence-corrected chi connectivity index (χ0v) is 14.2. The highest BCUT2D eigenvalue weighted by molar-refractivity contribution is 7.98. The minimum absolute atomic E-state index is 0.327. The van der Waals surface area contributed by atoms with E-state index in [2.05, 4.69) is 15.2 Å². The standard InChI is InChI=1S/C14H11ClFN3OS2/c1-7-12(22-8(2)17-7)13-18-19-14(20-13)21-6-9-10(15)4-3-5-11(9)16/h3-5H,6H2,1-2H3. The summed E-state index contributed by atoms with van der Waals surface area (Å²) in [4.78, 5) is 5.19. The van der Waals surface area contributed by atoms with Crippen LogP contribution in [0.3, 0.4) is 0 Å². The molecule has 1 aromatic carbocycles. The van der Waals surface area contributed by atoms with E-state index in [4.69, 9.17) is 16.0 Å². The lowest BCUT2D eigenvalue weighted by molar-refractivity contribution is 0.466. The number of nitrogens with zero attached hydrogens (tertiary/aromatic N) is 3. The van der Waals surface area contributed by atoms with Gasteiger partial charge >= 0.3 is 0 Å². The summed E-state index contributed by atoms with van der Waals surface area (Å²) >= 11 is 8.75. The van der Waals surface area contributed by atoms with Gasteiger partial charge in [-0.3, -0.25) is 0 Å². The fourth-order valence-electron chi connectivity index (χ4n) is 1.89. The SMILES string of the molecule is Cc1nc(C)c(-c2nnc(SCc3c(F)cccc3Cl)o2)s1. The van der Waals surface area contributed by atoms with Crippen LogP contribution < -0.4 is 0 Å². The molecule has 0 bridgehead atoms. The molecule has 0 aliphatic rings. The van der Waals surface area contributed by atoms with E-state index in [0.29, 0.717) is 27.5 Å². The van der Waals surface area contributed by atoms with E-state index in [-0.39, 0.29) is 5.82 Å². The number of halogens is 2. The van der Waals surface area contributed by atoms with Crippen LogP contribution in [0.1, 0.15) is 16.3 Å². The summed E-state index contributed by atoms with van der Waals surface area (Å²) in [5.41, 5.74) is 1.29. The van der Waals surface area contributed by atoms with Crippen LogP contribution in [0, 0.1) is 19.7 Å². The first-order valence-electron chi connectivity index (χ1n) is 6.38. The third-order valence-electron chi connectivity index (χ3n) is 2.91. The summed E-state index contributed by atoms with van der Waals surface area (Å²) in [5, 5.41) is 9.71. The number of aromatic nitrogens is 3.